The zero-order valence-corrected chi connectivity index (χ0v) is 5.44. The first kappa shape index (κ1) is 6.49. The van der Waals surface area contributed by atoms with Crippen LogP contribution in [0.4, 0.5) is 8.78 Å². The van der Waals surface area contributed by atoms with Crippen molar-refractivity contribution in [3.8, 4) is 0 Å². The van der Waals surface area contributed by atoms with Crippen LogP contribution in [0, 0.1) is 11.3 Å². The van der Waals surface area contributed by atoms with Crippen LogP contribution in [-0.4, -0.2) is 25.7 Å². The Morgan fingerprint density at radius 1 is 1.60 bits per heavy atom. The average molecular weight is 149 g/mol. The van der Waals surface area contributed by atoms with Crippen molar-refractivity contribution in [3.05, 3.63) is 0 Å². The second-order valence-electron chi connectivity index (χ2n) is 3.05. The van der Waals surface area contributed by atoms with E-state index in [2.05, 4.69) is 0 Å². The topological polar surface area (TPSA) is 35.2 Å². The summed E-state index contributed by atoms with van der Waals surface area (Å²) < 4.78 is 30.4. The molecule has 0 bridgehead atoms. The molecule has 0 unspecified atom stereocenters. The minimum atomic E-state index is -2.54. The monoisotopic (exact) mass is 149 g/mol. The first-order valence-corrected chi connectivity index (χ1v) is 3.31. The van der Waals surface area contributed by atoms with Crippen molar-refractivity contribution in [2.45, 2.75) is 5.92 Å². The highest BCUT2D eigenvalue weighted by molar-refractivity contribution is 5.21. The SMILES string of the molecule is NC[C@]12COC[C@H]1C2(F)F. The third-order valence-corrected chi connectivity index (χ3v) is 2.69. The van der Waals surface area contributed by atoms with Crippen LogP contribution in [0.5, 0.6) is 0 Å². The number of fused-ring (bicyclic) bond motifs is 1. The summed E-state index contributed by atoms with van der Waals surface area (Å²) in [7, 11) is 0. The van der Waals surface area contributed by atoms with Gasteiger partial charge in [-0.25, -0.2) is 8.78 Å². The summed E-state index contributed by atoms with van der Waals surface area (Å²) >= 11 is 0. The van der Waals surface area contributed by atoms with Gasteiger partial charge >= 0.3 is 0 Å². The number of nitrogens with two attached hydrogens (primary N) is 1. The molecule has 0 aromatic carbocycles. The molecule has 2 atom stereocenters. The number of hydrogen-bond donors (Lipinski definition) is 1. The van der Waals surface area contributed by atoms with E-state index in [1.54, 1.807) is 0 Å². The van der Waals surface area contributed by atoms with Crippen molar-refractivity contribution in [2.24, 2.45) is 17.1 Å². The molecule has 2 fully saturated rings. The van der Waals surface area contributed by atoms with Gasteiger partial charge in [0.05, 0.1) is 24.5 Å². The fraction of sp³-hybridized carbons (Fsp3) is 1.00. The molecule has 1 aliphatic heterocycles. The summed E-state index contributed by atoms with van der Waals surface area (Å²) in [6, 6.07) is 0. The molecule has 0 aromatic rings. The highest BCUT2D eigenvalue weighted by Gasteiger charge is 2.82. The Balaban J connectivity index is 2.23. The van der Waals surface area contributed by atoms with Crippen molar-refractivity contribution >= 4 is 0 Å². The first-order chi connectivity index (χ1) is 4.65. The molecule has 1 aliphatic carbocycles. The molecular weight excluding hydrogens is 140 g/mol. The van der Waals surface area contributed by atoms with Gasteiger partial charge in [0.25, 0.3) is 5.92 Å². The van der Waals surface area contributed by atoms with Crippen LogP contribution in [0.15, 0.2) is 0 Å². The Bertz CT molecular complexity index is 173. The summed E-state index contributed by atoms with van der Waals surface area (Å²) in [6.45, 7) is 0.371. The highest BCUT2D eigenvalue weighted by atomic mass is 19.3. The number of alkyl halides is 2. The fourth-order valence-corrected chi connectivity index (χ4v) is 1.75. The zero-order valence-electron chi connectivity index (χ0n) is 5.44. The van der Waals surface area contributed by atoms with E-state index in [1.165, 1.54) is 0 Å². The van der Waals surface area contributed by atoms with Crippen LogP contribution in [0.2, 0.25) is 0 Å². The van der Waals surface area contributed by atoms with Crippen LogP contribution in [0.1, 0.15) is 0 Å². The Labute approximate surface area is 57.3 Å². The summed E-state index contributed by atoms with van der Waals surface area (Å²) in [5.74, 6) is -3.13. The van der Waals surface area contributed by atoms with Gasteiger partial charge in [0, 0.05) is 6.54 Å². The molecule has 1 saturated carbocycles. The lowest BCUT2D eigenvalue weighted by molar-refractivity contribution is -0.00810. The second-order valence-corrected chi connectivity index (χ2v) is 3.05. The summed E-state index contributed by atoms with van der Waals surface area (Å²) in [5.41, 5.74) is 4.25. The van der Waals surface area contributed by atoms with Gasteiger partial charge < -0.3 is 10.5 Å². The molecule has 58 valence electrons. The smallest absolute Gasteiger partial charge is 0.263 e. The van der Waals surface area contributed by atoms with Gasteiger partial charge in [-0.05, 0) is 0 Å². The van der Waals surface area contributed by atoms with Crippen LogP contribution in [0.3, 0.4) is 0 Å². The molecule has 2 rings (SSSR count). The average Bonchev–Trinajstić information content (AvgIpc) is 2.34. The van der Waals surface area contributed by atoms with Crippen LogP contribution >= 0.6 is 0 Å². The van der Waals surface area contributed by atoms with E-state index >= 15 is 0 Å². The lowest BCUT2D eigenvalue weighted by Crippen LogP contribution is -2.25. The highest BCUT2D eigenvalue weighted by Crippen LogP contribution is 2.68. The second kappa shape index (κ2) is 1.51. The molecular formula is C6H9F2NO. The summed E-state index contributed by atoms with van der Waals surface area (Å²) in [5, 5.41) is 0. The molecule has 2 aliphatic rings. The fourth-order valence-electron chi connectivity index (χ4n) is 1.75. The quantitative estimate of drug-likeness (QED) is 0.579. The van der Waals surface area contributed by atoms with Gasteiger partial charge in [0.15, 0.2) is 0 Å². The first-order valence-electron chi connectivity index (χ1n) is 3.31. The molecule has 0 aromatic heterocycles. The minimum Gasteiger partial charge on any atom is -0.380 e. The molecule has 1 heterocycles. The van der Waals surface area contributed by atoms with Crippen molar-refractivity contribution < 1.29 is 13.5 Å². The Morgan fingerprint density at radius 2 is 2.30 bits per heavy atom. The van der Waals surface area contributed by atoms with Crippen molar-refractivity contribution in [3.63, 3.8) is 0 Å². The molecule has 4 heteroatoms. The van der Waals surface area contributed by atoms with E-state index in [0.29, 0.717) is 0 Å². The maximum atomic E-state index is 12.7. The minimum absolute atomic E-state index is 0.0463. The van der Waals surface area contributed by atoms with Crippen molar-refractivity contribution in [1.29, 1.82) is 0 Å². The number of halogens is 2. The Kier molecular flexibility index (Phi) is 0.978. The predicted octanol–water partition coefficient (Wildman–Crippen LogP) is 0.227. The van der Waals surface area contributed by atoms with Gasteiger partial charge in [-0.15, -0.1) is 0 Å². The standard InChI is InChI=1S/C6H9F2NO/c7-6(8)4-1-10-3-5(4,6)2-9/h4H,1-3,9H2/t4-,5+/m1/s1. The van der Waals surface area contributed by atoms with Crippen LogP contribution in [-0.2, 0) is 4.74 Å². The molecule has 0 amide bonds. The lowest BCUT2D eigenvalue weighted by Gasteiger charge is -2.09. The van der Waals surface area contributed by atoms with Gasteiger partial charge in [-0.2, -0.15) is 0 Å². The van der Waals surface area contributed by atoms with Gasteiger partial charge in [0.2, 0.25) is 0 Å². The lowest BCUT2D eigenvalue weighted by atomic mass is 10.1. The van der Waals surface area contributed by atoms with Crippen LogP contribution in [0.25, 0.3) is 0 Å². The molecule has 10 heavy (non-hydrogen) atoms. The molecule has 1 saturated heterocycles. The third kappa shape index (κ3) is 0.432. The third-order valence-electron chi connectivity index (χ3n) is 2.69. The zero-order chi connectivity index (χ0) is 7.41. The van der Waals surface area contributed by atoms with E-state index in [-0.39, 0.29) is 19.8 Å². The molecule has 0 spiro atoms. The predicted molar refractivity (Wildman–Crippen MR) is 30.7 cm³/mol. The molecule has 2 N–H and O–H groups in total. The largest absolute Gasteiger partial charge is 0.380 e. The summed E-state index contributed by atoms with van der Waals surface area (Å²) in [4.78, 5) is 0. The van der Waals surface area contributed by atoms with Crippen molar-refractivity contribution in [2.75, 3.05) is 19.8 Å². The van der Waals surface area contributed by atoms with E-state index in [1.807, 2.05) is 0 Å². The number of rotatable bonds is 1. The maximum Gasteiger partial charge on any atom is 0.263 e. The van der Waals surface area contributed by atoms with E-state index in [0.717, 1.165) is 0 Å². The Hall–Kier alpha value is -0.220. The van der Waals surface area contributed by atoms with E-state index in [9.17, 15) is 8.78 Å². The normalized spacial score (nSPS) is 48.9. The van der Waals surface area contributed by atoms with Crippen LogP contribution < -0.4 is 5.73 Å². The van der Waals surface area contributed by atoms with E-state index in [4.69, 9.17) is 10.5 Å². The van der Waals surface area contributed by atoms with E-state index < -0.39 is 17.3 Å². The molecule has 2 nitrogen and oxygen atoms in total. The Morgan fingerprint density at radius 3 is 2.60 bits per heavy atom. The maximum absolute atomic E-state index is 12.7. The number of hydrogen-bond acceptors (Lipinski definition) is 2. The van der Waals surface area contributed by atoms with Gasteiger partial charge in [-0.1, -0.05) is 0 Å². The summed E-state index contributed by atoms with van der Waals surface area (Å²) in [6.07, 6.45) is 0. The van der Waals surface area contributed by atoms with Gasteiger partial charge in [-0.3, -0.25) is 0 Å². The number of ether oxygens (including phenoxy) is 1. The van der Waals surface area contributed by atoms with Crippen molar-refractivity contribution in [1.82, 2.24) is 0 Å². The molecule has 0 radical (unpaired) electrons. The van der Waals surface area contributed by atoms with Gasteiger partial charge in [0.1, 0.15) is 0 Å².